The molecule has 0 spiro atoms. The predicted molar refractivity (Wildman–Crippen MR) is 561 cm³/mol. The van der Waals surface area contributed by atoms with E-state index in [1.54, 1.807) is 0 Å². The van der Waals surface area contributed by atoms with Crippen LogP contribution in [0.2, 0.25) is 0 Å². The lowest BCUT2D eigenvalue weighted by Gasteiger charge is -2.31. The molecule has 31 atom stereocenters. The number of para-hydroxylation sites is 2. The van der Waals surface area contributed by atoms with Crippen molar-refractivity contribution >= 4 is 65.7 Å². The monoisotopic (exact) mass is 2060 g/mol. The summed E-state index contributed by atoms with van der Waals surface area (Å²) < 4.78 is 70.3. The number of ether oxygens (including phenoxy) is 13. The van der Waals surface area contributed by atoms with Gasteiger partial charge in [-0.15, -0.1) is 0 Å². The first-order valence-electron chi connectivity index (χ1n) is 57.5. The molecule has 18 fully saturated rings. The van der Waals surface area contributed by atoms with Crippen molar-refractivity contribution in [2.45, 2.75) is 251 Å². The molecule has 18 saturated carbocycles. The minimum atomic E-state index is -1.28. The molecule has 24 nitrogen and oxygen atoms in total. The number of benzene rings is 4. The Kier molecular flexibility index (Phi) is 37.7. The standard InChI is InChI=1S/C30H42O6.C27H38O4.C24H30O5.C24H30O4.C21H22O5/c1-16(2)29(32)36-27(30(33)35-15-20-10-18-12-26(20)24-8-4-6-22(18)24)13-28(31)34-14-19-9-17-11-25(19)23-7-3-5-21(17)23;1-15(27(29)31-14-19-10-17-12-25(19)23-7-3-5-21(17)23)8-26(28)30-13-18-9-16-11-24(18)22-6-2-4-20(16)22;1-16(24(26)28-11-10-27-19-6-3-2-4-7-19)12-23(25)29-15-18-13-17-14-22(18)21-9-5-8-20(17)21;1-16(24(26)27-11-10-17-6-3-2-4-7-17)12-23(25)28-15-19-13-18-14-22(19)21-9-5-8-20(18)21;1-17(16-20(22)25-13-12-18-8-4-2-5-9-18)21(23)26-15-14-24-19-10-6-3-7-11-19/h17-27H,1,3-15H2,2H3;16-25H,1-14H2;2-4,6-7,17-18,20-22H,1,5,8-15H2;2-4,6-7,18-22H,1,5,8-15H2;2-11H,1,12-16H2. The van der Waals surface area contributed by atoms with E-state index in [1.807, 2.05) is 121 Å². The van der Waals surface area contributed by atoms with E-state index in [2.05, 4.69) is 32.9 Å². The third kappa shape index (κ3) is 27.4. The van der Waals surface area contributed by atoms with Crippen LogP contribution in [0.25, 0.3) is 0 Å². The maximum absolute atomic E-state index is 13.0. The van der Waals surface area contributed by atoms with Gasteiger partial charge >= 0.3 is 65.7 Å². The first-order valence-corrected chi connectivity index (χ1v) is 57.5. The van der Waals surface area contributed by atoms with Gasteiger partial charge in [0.25, 0.3) is 0 Å². The number of hydrogen-bond acceptors (Lipinski definition) is 24. The van der Waals surface area contributed by atoms with Gasteiger partial charge in [-0.25, -0.2) is 28.8 Å². The van der Waals surface area contributed by atoms with Crippen LogP contribution in [0.5, 0.6) is 11.5 Å². The first-order chi connectivity index (χ1) is 72.8. The average molecular weight is 2060 g/mol. The van der Waals surface area contributed by atoms with Gasteiger partial charge in [0, 0.05) is 40.7 Å². The normalized spacial score (nSPS) is 32.7. The van der Waals surface area contributed by atoms with Crippen LogP contribution in [-0.4, -0.2) is 151 Å². The van der Waals surface area contributed by atoms with Gasteiger partial charge in [0.05, 0.1) is 85.0 Å². The van der Waals surface area contributed by atoms with E-state index in [0.29, 0.717) is 106 Å². The molecule has 0 aromatic heterocycles. The van der Waals surface area contributed by atoms with Crippen LogP contribution in [0.15, 0.2) is 182 Å². The van der Waals surface area contributed by atoms with Crippen molar-refractivity contribution in [1.29, 1.82) is 0 Å². The molecule has 22 rings (SSSR count). The third-order valence-corrected chi connectivity index (χ3v) is 39.5. The SMILES string of the molecule is C=C(C)C(=O)OC(CC(=O)OCC1CC2CC1C1CCCC21)C(=O)OCC1CC2CC1C1CCCC21.C=C(CC(=O)OCC1CC2CC1C1CCCC21)C(=O)OCC1CC2CC1C1CCCC21.C=C(CC(=O)OCC1CC2CC1C1CCCC21)C(=O)OCCOc1ccccc1.C=C(CC(=O)OCC1CC2CC1C1CCCC21)C(=O)OCCc1ccccc1.C=C(CC(=O)OCCc1ccccc1)C(=O)OCCOc1ccccc1. The lowest BCUT2D eigenvalue weighted by atomic mass is 9.76. The van der Waals surface area contributed by atoms with Crippen LogP contribution in [0, 0.1) is 178 Å². The first kappa shape index (κ1) is 109. The molecule has 0 amide bonds. The van der Waals surface area contributed by atoms with Gasteiger partial charge in [0.15, 0.2) is 0 Å². The lowest BCUT2D eigenvalue weighted by molar-refractivity contribution is -0.171. The van der Waals surface area contributed by atoms with Crippen molar-refractivity contribution in [2.24, 2.45) is 178 Å². The maximum Gasteiger partial charge on any atom is 0.348 e. The molecular weight excluding hydrogens is 1900 g/mol. The maximum atomic E-state index is 13.0. The Morgan fingerprint density at radius 3 is 0.800 bits per heavy atom. The molecule has 4 aromatic rings. The molecule has 810 valence electrons. The van der Waals surface area contributed by atoms with Crippen molar-refractivity contribution < 1.29 is 114 Å². The highest BCUT2D eigenvalue weighted by Crippen LogP contribution is 2.67. The molecule has 4 aromatic carbocycles. The van der Waals surface area contributed by atoms with E-state index in [4.69, 9.17) is 61.6 Å². The van der Waals surface area contributed by atoms with Gasteiger partial charge in [0.2, 0.25) is 6.10 Å². The fourth-order valence-electron chi connectivity index (χ4n) is 33.3. The van der Waals surface area contributed by atoms with Crippen LogP contribution in [-0.2, 0) is 118 Å². The quantitative estimate of drug-likeness (QED) is 0.0172. The van der Waals surface area contributed by atoms with Gasteiger partial charge < -0.3 is 61.6 Å². The molecule has 0 saturated heterocycles. The van der Waals surface area contributed by atoms with Crippen LogP contribution >= 0.6 is 0 Å². The zero-order valence-electron chi connectivity index (χ0n) is 88.4. The minimum absolute atomic E-state index is 0.0346. The van der Waals surface area contributed by atoms with Gasteiger partial charge in [-0.3, -0.25) is 24.0 Å². The predicted octanol–water partition coefficient (Wildman–Crippen LogP) is 22.1. The molecule has 0 radical (unpaired) electrons. The summed E-state index contributed by atoms with van der Waals surface area (Å²) in [5, 5.41) is 0. The van der Waals surface area contributed by atoms with E-state index < -0.39 is 59.8 Å². The number of esters is 11. The van der Waals surface area contributed by atoms with Crippen LogP contribution in [0.3, 0.4) is 0 Å². The number of carbonyl (C=O) groups excluding carboxylic acids is 11. The van der Waals surface area contributed by atoms with E-state index in [1.165, 1.54) is 187 Å². The summed E-state index contributed by atoms with van der Waals surface area (Å²) >= 11 is 0. The number of carbonyl (C=O) groups is 11. The number of hydrogen-bond donors (Lipinski definition) is 0. The van der Waals surface area contributed by atoms with Gasteiger partial charge in [-0.2, -0.15) is 0 Å². The second-order valence-corrected chi connectivity index (χ2v) is 47.9. The molecule has 0 aliphatic heterocycles. The highest BCUT2D eigenvalue weighted by Gasteiger charge is 2.60. The highest BCUT2D eigenvalue weighted by atomic mass is 16.6. The minimum Gasteiger partial charge on any atom is -0.490 e. The third-order valence-electron chi connectivity index (χ3n) is 39.5. The Labute approximate surface area is 887 Å². The highest BCUT2D eigenvalue weighted by molar-refractivity contribution is 5.95. The molecule has 12 bridgehead atoms. The summed E-state index contributed by atoms with van der Waals surface area (Å²) in [7, 11) is 0. The molecule has 18 aliphatic rings. The molecule has 150 heavy (non-hydrogen) atoms. The summed E-state index contributed by atoms with van der Waals surface area (Å²) in [4.78, 5) is 135. The molecule has 0 heterocycles. The van der Waals surface area contributed by atoms with Crippen LogP contribution in [0.1, 0.15) is 243 Å². The Hall–Kier alpha value is -10.7. The number of rotatable bonds is 43. The molecular formula is C126H162O24. The van der Waals surface area contributed by atoms with Crippen molar-refractivity contribution in [1.82, 2.24) is 0 Å². The smallest absolute Gasteiger partial charge is 0.348 e. The Morgan fingerprint density at radius 2 is 0.500 bits per heavy atom. The Balaban J connectivity index is 0.000000123. The summed E-state index contributed by atoms with van der Waals surface area (Å²) in [5.74, 6) is 18.8. The summed E-state index contributed by atoms with van der Waals surface area (Å²) in [6.45, 7) is 23.9. The number of fused-ring (bicyclic) bond motifs is 30. The van der Waals surface area contributed by atoms with Gasteiger partial charge in [-0.1, -0.05) is 168 Å². The van der Waals surface area contributed by atoms with Crippen molar-refractivity contribution in [3.8, 4) is 11.5 Å². The topological polar surface area (TPSA) is 308 Å². The largest absolute Gasteiger partial charge is 0.490 e. The lowest BCUT2D eigenvalue weighted by Crippen LogP contribution is -2.35. The fraction of sp³-hybridized carbons (Fsp3) is 0.643. The summed E-state index contributed by atoms with van der Waals surface area (Å²) in [6.07, 6.45) is 39.0. The average Bonchev–Trinajstić information content (AvgIpc) is 1.62. The van der Waals surface area contributed by atoms with Gasteiger partial charge in [-0.05, 0) is 374 Å². The zero-order chi connectivity index (χ0) is 104. The van der Waals surface area contributed by atoms with Gasteiger partial charge in [0.1, 0.15) is 37.9 Å². The second kappa shape index (κ2) is 51.9. The molecule has 0 N–H and O–H groups in total. The second-order valence-electron chi connectivity index (χ2n) is 47.9. The van der Waals surface area contributed by atoms with E-state index in [9.17, 15) is 52.7 Å². The van der Waals surface area contributed by atoms with Crippen LogP contribution < -0.4 is 9.47 Å². The Bertz CT molecular complexity index is 5360. The Morgan fingerprint density at radius 1 is 0.253 bits per heavy atom. The summed E-state index contributed by atoms with van der Waals surface area (Å²) in [6, 6.07) is 38.1. The summed E-state index contributed by atoms with van der Waals surface area (Å²) in [5.41, 5.74) is 2.98. The van der Waals surface area contributed by atoms with E-state index in [0.717, 1.165) is 160 Å². The molecule has 31 unspecified atom stereocenters. The van der Waals surface area contributed by atoms with E-state index in [-0.39, 0.29) is 112 Å². The van der Waals surface area contributed by atoms with Crippen molar-refractivity contribution in [2.75, 3.05) is 79.3 Å². The van der Waals surface area contributed by atoms with E-state index >= 15 is 0 Å². The van der Waals surface area contributed by atoms with Crippen LogP contribution in [0.4, 0.5) is 0 Å². The molecule has 24 heteroatoms. The fourth-order valence-corrected chi connectivity index (χ4v) is 33.3. The van der Waals surface area contributed by atoms with Crippen molar-refractivity contribution in [3.05, 3.63) is 193 Å². The van der Waals surface area contributed by atoms with Crippen molar-refractivity contribution in [3.63, 3.8) is 0 Å². The zero-order valence-corrected chi connectivity index (χ0v) is 88.4. The molecule has 18 aliphatic carbocycles.